The fourth-order valence-electron chi connectivity index (χ4n) is 2.44. The zero-order chi connectivity index (χ0) is 14.2. The van der Waals surface area contributed by atoms with Crippen molar-refractivity contribution in [1.82, 2.24) is 5.32 Å². The van der Waals surface area contributed by atoms with Crippen LogP contribution in [0.25, 0.3) is 0 Å². The maximum Gasteiger partial charge on any atom is 0.253 e. The van der Waals surface area contributed by atoms with Gasteiger partial charge in [-0.2, -0.15) is 0 Å². The van der Waals surface area contributed by atoms with Crippen LogP contribution >= 0.6 is 15.9 Å². The van der Waals surface area contributed by atoms with Crippen molar-refractivity contribution in [3.05, 3.63) is 27.2 Å². The summed E-state index contributed by atoms with van der Waals surface area (Å²) in [7, 11) is 0. The molecule has 1 aromatic carbocycles. The fraction of sp³-hybridized carbons (Fsp3) is 0.500. The molecule has 0 unspecified atom stereocenters. The van der Waals surface area contributed by atoms with Crippen LogP contribution in [0.4, 0.5) is 5.69 Å². The molecular formula is C14H19BrN2O2. The maximum atomic E-state index is 12.3. The molecule has 2 atom stereocenters. The lowest BCUT2D eigenvalue weighted by Crippen LogP contribution is -2.40. The zero-order valence-corrected chi connectivity index (χ0v) is 12.8. The minimum Gasteiger partial charge on any atom is -0.398 e. The van der Waals surface area contributed by atoms with Crippen molar-refractivity contribution in [3.8, 4) is 0 Å². The Bertz CT molecular complexity index is 517. The molecule has 0 aliphatic heterocycles. The van der Waals surface area contributed by atoms with Gasteiger partial charge in [-0.05, 0) is 50.3 Å². The topological polar surface area (TPSA) is 75.3 Å². The number of nitrogen functional groups attached to an aromatic ring is 1. The number of aliphatic hydroxyl groups is 1. The van der Waals surface area contributed by atoms with Gasteiger partial charge in [0.2, 0.25) is 0 Å². The van der Waals surface area contributed by atoms with E-state index < -0.39 is 6.10 Å². The van der Waals surface area contributed by atoms with Crippen molar-refractivity contribution in [3.63, 3.8) is 0 Å². The molecule has 1 fully saturated rings. The fourth-order valence-corrected chi connectivity index (χ4v) is 2.96. The lowest BCUT2D eigenvalue weighted by molar-refractivity contribution is 0.0874. The largest absolute Gasteiger partial charge is 0.398 e. The Morgan fingerprint density at radius 3 is 2.68 bits per heavy atom. The van der Waals surface area contributed by atoms with Gasteiger partial charge in [0.1, 0.15) is 0 Å². The van der Waals surface area contributed by atoms with Crippen LogP contribution in [0.5, 0.6) is 0 Å². The van der Waals surface area contributed by atoms with Gasteiger partial charge in [-0.1, -0.05) is 15.9 Å². The number of carbonyl (C=O) groups is 1. The van der Waals surface area contributed by atoms with E-state index >= 15 is 0 Å². The molecule has 2 rings (SSSR count). The van der Waals surface area contributed by atoms with Crippen molar-refractivity contribution in [2.75, 3.05) is 5.73 Å². The second-order valence-electron chi connectivity index (χ2n) is 5.15. The predicted molar refractivity (Wildman–Crippen MR) is 79.1 cm³/mol. The number of nitrogens with one attached hydrogen (secondary N) is 1. The number of aliphatic hydroxyl groups excluding tert-OH is 1. The summed E-state index contributed by atoms with van der Waals surface area (Å²) in [6.45, 7) is 3.86. The molecular weight excluding hydrogens is 308 g/mol. The maximum absolute atomic E-state index is 12.3. The van der Waals surface area contributed by atoms with Crippen molar-refractivity contribution in [2.45, 2.75) is 45.3 Å². The summed E-state index contributed by atoms with van der Waals surface area (Å²) in [4.78, 5) is 12.3. The Kier molecular flexibility index (Phi) is 4.16. The van der Waals surface area contributed by atoms with E-state index in [9.17, 15) is 9.90 Å². The highest BCUT2D eigenvalue weighted by molar-refractivity contribution is 9.10. The van der Waals surface area contributed by atoms with E-state index in [-0.39, 0.29) is 11.9 Å². The van der Waals surface area contributed by atoms with Gasteiger partial charge in [0.25, 0.3) is 5.91 Å². The first-order valence-electron chi connectivity index (χ1n) is 6.46. The normalized spacial score (nSPS) is 22.5. The first kappa shape index (κ1) is 14.3. The number of halogens is 1. The highest BCUT2D eigenvalue weighted by Gasteiger charge is 2.27. The molecule has 0 saturated heterocycles. The quantitative estimate of drug-likeness (QED) is 0.730. The minimum atomic E-state index is -0.444. The molecule has 19 heavy (non-hydrogen) atoms. The summed E-state index contributed by atoms with van der Waals surface area (Å²) in [6, 6.07) is 1.58. The predicted octanol–water partition coefficient (Wildman–Crippen LogP) is 2.29. The monoisotopic (exact) mass is 326 g/mol. The van der Waals surface area contributed by atoms with Crippen molar-refractivity contribution in [1.29, 1.82) is 0 Å². The average Bonchev–Trinajstić information content (AvgIpc) is 2.77. The van der Waals surface area contributed by atoms with Gasteiger partial charge in [-0.15, -0.1) is 0 Å². The molecule has 4 nitrogen and oxygen atoms in total. The van der Waals surface area contributed by atoms with Crippen LogP contribution in [0.3, 0.4) is 0 Å². The summed E-state index contributed by atoms with van der Waals surface area (Å²) in [5.41, 5.74) is 8.94. The molecule has 0 radical (unpaired) electrons. The van der Waals surface area contributed by atoms with E-state index in [1.165, 1.54) is 0 Å². The number of hydrogen-bond acceptors (Lipinski definition) is 3. The highest BCUT2D eigenvalue weighted by atomic mass is 79.9. The van der Waals surface area contributed by atoms with Gasteiger partial charge in [0, 0.05) is 10.2 Å². The van der Waals surface area contributed by atoms with Crippen LogP contribution in [-0.4, -0.2) is 23.2 Å². The molecule has 4 N–H and O–H groups in total. The number of amides is 1. The van der Waals surface area contributed by atoms with E-state index in [2.05, 4.69) is 21.2 Å². The van der Waals surface area contributed by atoms with Crippen molar-refractivity contribution in [2.24, 2.45) is 0 Å². The molecule has 1 amide bonds. The number of anilines is 1. The molecule has 0 spiro atoms. The van der Waals surface area contributed by atoms with Gasteiger partial charge < -0.3 is 16.2 Å². The Hall–Kier alpha value is -1.07. The average molecular weight is 327 g/mol. The smallest absolute Gasteiger partial charge is 0.253 e. The third-order valence-corrected chi connectivity index (χ3v) is 4.75. The van der Waals surface area contributed by atoms with E-state index in [0.29, 0.717) is 11.3 Å². The SMILES string of the molecule is Cc1c(Br)cc(C(=O)N[C@@H]2CCC[C@H]2O)c(N)c1C. The lowest BCUT2D eigenvalue weighted by Gasteiger charge is -2.18. The van der Waals surface area contributed by atoms with Gasteiger partial charge in [-0.3, -0.25) is 4.79 Å². The van der Waals surface area contributed by atoms with Gasteiger partial charge in [-0.25, -0.2) is 0 Å². The van der Waals surface area contributed by atoms with E-state index in [1.54, 1.807) is 6.07 Å². The van der Waals surface area contributed by atoms with Crippen molar-refractivity contribution >= 4 is 27.5 Å². The summed E-state index contributed by atoms with van der Waals surface area (Å²) < 4.78 is 0.872. The minimum absolute atomic E-state index is 0.160. The van der Waals surface area contributed by atoms with E-state index in [1.807, 2.05) is 13.8 Å². The summed E-state index contributed by atoms with van der Waals surface area (Å²) in [5, 5.41) is 12.6. The third-order valence-electron chi connectivity index (χ3n) is 3.93. The molecule has 1 aromatic rings. The molecule has 5 heteroatoms. The molecule has 104 valence electrons. The second-order valence-corrected chi connectivity index (χ2v) is 6.00. The highest BCUT2D eigenvalue weighted by Crippen LogP contribution is 2.28. The third kappa shape index (κ3) is 2.77. The van der Waals surface area contributed by atoms with Crippen LogP contribution in [0.1, 0.15) is 40.7 Å². The van der Waals surface area contributed by atoms with Crippen LogP contribution in [0.2, 0.25) is 0 Å². The number of nitrogens with two attached hydrogens (primary N) is 1. The Labute approximate surface area is 121 Å². The molecule has 1 aliphatic carbocycles. The van der Waals surface area contributed by atoms with Crippen LogP contribution in [-0.2, 0) is 0 Å². The van der Waals surface area contributed by atoms with E-state index in [0.717, 1.165) is 34.9 Å². The Morgan fingerprint density at radius 2 is 2.11 bits per heavy atom. The number of carbonyl (C=O) groups excluding carboxylic acids is 1. The van der Waals surface area contributed by atoms with Gasteiger partial charge >= 0.3 is 0 Å². The summed E-state index contributed by atoms with van der Waals surface area (Å²) in [6.07, 6.45) is 2.06. The van der Waals surface area contributed by atoms with Crippen molar-refractivity contribution < 1.29 is 9.90 Å². The summed E-state index contributed by atoms with van der Waals surface area (Å²) >= 11 is 3.44. The van der Waals surface area contributed by atoms with E-state index in [4.69, 9.17) is 5.73 Å². The van der Waals surface area contributed by atoms with Gasteiger partial charge in [0.05, 0.1) is 17.7 Å². The van der Waals surface area contributed by atoms with Crippen LogP contribution < -0.4 is 11.1 Å². The zero-order valence-electron chi connectivity index (χ0n) is 11.2. The Morgan fingerprint density at radius 1 is 1.42 bits per heavy atom. The standard InChI is InChI=1S/C14H19BrN2O2/c1-7-8(2)13(16)9(6-10(7)15)14(19)17-11-4-3-5-12(11)18/h6,11-12,18H,3-5,16H2,1-2H3,(H,17,19)/t11-,12-/m1/s1. The molecule has 0 bridgehead atoms. The summed E-state index contributed by atoms with van der Waals surface area (Å²) in [5.74, 6) is -0.216. The number of benzene rings is 1. The number of rotatable bonds is 2. The molecule has 0 aromatic heterocycles. The Balaban J connectivity index is 2.24. The number of hydrogen-bond donors (Lipinski definition) is 3. The van der Waals surface area contributed by atoms with Gasteiger partial charge in [0.15, 0.2) is 0 Å². The van der Waals surface area contributed by atoms with Crippen LogP contribution in [0, 0.1) is 13.8 Å². The first-order valence-corrected chi connectivity index (χ1v) is 7.25. The first-order chi connectivity index (χ1) is 8.91. The van der Waals surface area contributed by atoms with Crippen LogP contribution in [0.15, 0.2) is 10.5 Å². The molecule has 0 heterocycles. The lowest BCUT2D eigenvalue weighted by atomic mass is 10.0. The second kappa shape index (κ2) is 5.51. The molecule has 1 aliphatic rings. The molecule has 1 saturated carbocycles.